The maximum atomic E-state index is 10.2. The van der Waals surface area contributed by atoms with E-state index in [-0.39, 0.29) is 4.83 Å². The van der Waals surface area contributed by atoms with Crippen LogP contribution in [0.4, 0.5) is 0 Å². The first-order valence-electron chi connectivity index (χ1n) is 3.91. The maximum absolute atomic E-state index is 10.2. The molecule has 0 unspecified atom stereocenters. The first-order chi connectivity index (χ1) is 5.04. The highest BCUT2D eigenvalue weighted by Crippen LogP contribution is 2.11. The molecule has 0 aromatic heterocycles. The lowest BCUT2D eigenvalue weighted by atomic mass is 10.1. The zero-order valence-electron chi connectivity index (χ0n) is 7.60. The summed E-state index contributed by atoms with van der Waals surface area (Å²) in [5.41, 5.74) is 0. The van der Waals surface area contributed by atoms with Gasteiger partial charge in [0.05, 0.1) is 0 Å². The molecular formula is C8H17BrO2. The smallest absolute Gasteiger partial charge is 0.317 e. The molecule has 0 aliphatic carbocycles. The molecule has 0 radical (unpaired) electrons. The fraction of sp³-hybridized carbons (Fsp3) is 0.875. The number of hydrogen-bond acceptors (Lipinski definition) is 1. The van der Waals surface area contributed by atoms with Crippen molar-refractivity contribution in [2.75, 3.05) is 0 Å². The van der Waals surface area contributed by atoms with Crippen LogP contribution in [0, 0.1) is 5.92 Å². The van der Waals surface area contributed by atoms with E-state index in [0.717, 1.165) is 0 Å². The van der Waals surface area contributed by atoms with Crippen LogP contribution in [-0.2, 0) is 4.79 Å². The lowest BCUT2D eigenvalue weighted by molar-refractivity contribution is -0.136. The highest BCUT2D eigenvalue weighted by molar-refractivity contribution is 9.10. The second-order valence-corrected chi connectivity index (χ2v) is 3.54. The van der Waals surface area contributed by atoms with Crippen molar-refractivity contribution in [3.05, 3.63) is 0 Å². The lowest BCUT2D eigenvalue weighted by Gasteiger charge is -2.05. The third kappa shape index (κ3) is 9.95. The molecule has 0 spiro atoms. The molecule has 0 aliphatic rings. The van der Waals surface area contributed by atoms with Crippen LogP contribution in [0.3, 0.4) is 0 Å². The molecule has 0 aromatic rings. The standard InChI is InChI=1S/C6H11BrO2.C2H6/c1-4(2)3-5(7)6(8)9;1-2/h4-5H,3H2,1-2H3,(H,8,9);1-2H3/t5-;/m0./s1. The van der Waals surface area contributed by atoms with E-state index < -0.39 is 5.97 Å². The Morgan fingerprint density at radius 1 is 1.45 bits per heavy atom. The van der Waals surface area contributed by atoms with Gasteiger partial charge in [-0.1, -0.05) is 43.6 Å². The number of halogens is 1. The quantitative estimate of drug-likeness (QED) is 0.750. The van der Waals surface area contributed by atoms with Gasteiger partial charge in [-0.05, 0) is 12.3 Å². The van der Waals surface area contributed by atoms with E-state index in [0.29, 0.717) is 12.3 Å². The predicted octanol–water partition coefficient (Wildman–Crippen LogP) is 2.91. The second-order valence-electron chi connectivity index (χ2n) is 2.44. The monoisotopic (exact) mass is 224 g/mol. The molecule has 0 bridgehead atoms. The Morgan fingerprint density at radius 3 is 1.91 bits per heavy atom. The first kappa shape index (κ1) is 13.5. The minimum atomic E-state index is -0.774. The van der Waals surface area contributed by atoms with Gasteiger partial charge in [-0.25, -0.2) is 0 Å². The summed E-state index contributed by atoms with van der Waals surface area (Å²) in [5, 5.41) is 8.38. The SMILES string of the molecule is CC.CC(C)C[C@H](Br)C(=O)O. The molecule has 68 valence electrons. The van der Waals surface area contributed by atoms with Crippen molar-refractivity contribution in [2.45, 2.75) is 38.9 Å². The Balaban J connectivity index is 0. The van der Waals surface area contributed by atoms with Gasteiger partial charge in [0.15, 0.2) is 0 Å². The van der Waals surface area contributed by atoms with Crippen LogP contribution in [-0.4, -0.2) is 15.9 Å². The Bertz CT molecular complexity index is 102. The third-order valence-electron chi connectivity index (χ3n) is 0.946. The summed E-state index contributed by atoms with van der Waals surface area (Å²) in [7, 11) is 0. The molecule has 0 amide bonds. The van der Waals surface area contributed by atoms with Crippen LogP contribution < -0.4 is 0 Å². The van der Waals surface area contributed by atoms with Gasteiger partial charge in [-0.2, -0.15) is 0 Å². The first-order valence-corrected chi connectivity index (χ1v) is 4.82. The molecule has 0 rings (SSSR count). The molecule has 1 atom stereocenters. The average molecular weight is 225 g/mol. The normalized spacial score (nSPS) is 11.8. The Kier molecular flexibility index (Phi) is 9.90. The molecule has 0 fully saturated rings. The summed E-state index contributed by atoms with van der Waals surface area (Å²) in [4.78, 5) is 9.81. The number of rotatable bonds is 3. The molecule has 1 N–H and O–H groups in total. The predicted molar refractivity (Wildman–Crippen MR) is 51.2 cm³/mol. The number of hydrogen-bond donors (Lipinski definition) is 1. The molecule has 0 aliphatic heterocycles. The summed E-state index contributed by atoms with van der Waals surface area (Å²) in [6, 6.07) is 0. The highest BCUT2D eigenvalue weighted by Gasteiger charge is 2.13. The van der Waals surface area contributed by atoms with Crippen molar-refractivity contribution in [3.63, 3.8) is 0 Å². The van der Waals surface area contributed by atoms with E-state index in [1.807, 2.05) is 27.7 Å². The third-order valence-corrected chi connectivity index (χ3v) is 1.71. The van der Waals surface area contributed by atoms with Gasteiger partial charge >= 0.3 is 5.97 Å². The number of carboxylic acid groups (broad SMARTS) is 1. The van der Waals surface area contributed by atoms with Crippen LogP contribution in [0.1, 0.15) is 34.1 Å². The molecule has 0 saturated heterocycles. The molecule has 2 nitrogen and oxygen atoms in total. The van der Waals surface area contributed by atoms with Crippen LogP contribution in [0.15, 0.2) is 0 Å². The number of carboxylic acids is 1. The van der Waals surface area contributed by atoms with Gasteiger partial charge in [0.2, 0.25) is 0 Å². The number of aliphatic carboxylic acids is 1. The van der Waals surface area contributed by atoms with Crippen LogP contribution in [0.25, 0.3) is 0 Å². The highest BCUT2D eigenvalue weighted by atomic mass is 79.9. The maximum Gasteiger partial charge on any atom is 0.317 e. The number of alkyl halides is 1. The van der Waals surface area contributed by atoms with Crippen molar-refractivity contribution < 1.29 is 9.90 Å². The van der Waals surface area contributed by atoms with Gasteiger partial charge in [-0.3, -0.25) is 4.79 Å². The fourth-order valence-electron chi connectivity index (χ4n) is 0.515. The van der Waals surface area contributed by atoms with E-state index in [4.69, 9.17) is 5.11 Å². The molecular weight excluding hydrogens is 208 g/mol. The van der Waals surface area contributed by atoms with Crippen LogP contribution >= 0.6 is 15.9 Å². The van der Waals surface area contributed by atoms with Crippen molar-refractivity contribution in [2.24, 2.45) is 5.92 Å². The van der Waals surface area contributed by atoms with Gasteiger partial charge in [0, 0.05) is 0 Å². The fourth-order valence-corrected chi connectivity index (χ4v) is 1.26. The zero-order valence-corrected chi connectivity index (χ0v) is 9.18. The van der Waals surface area contributed by atoms with Crippen LogP contribution in [0.2, 0.25) is 0 Å². The Labute approximate surface area is 77.1 Å². The van der Waals surface area contributed by atoms with Gasteiger partial charge in [0.25, 0.3) is 0 Å². The minimum Gasteiger partial charge on any atom is -0.480 e. The molecule has 0 aromatic carbocycles. The van der Waals surface area contributed by atoms with Crippen molar-refractivity contribution in [3.8, 4) is 0 Å². The van der Waals surface area contributed by atoms with E-state index in [1.165, 1.54) is 0 Å². The van der Waals surface area contributed by atoms with E-state index >= 15 is 0 Å². The van der Waals surface area contributed by atoms with E-state index in [9.17, 15) is 4.79 Å². The Hall–Kier alpha value is -0.0500. The largest absolute Gasteiger partial charge is 0.480 e. The summed E-state index contributed by atoms with van der Waals surface area (Å²) < 4.78 is 0. The van der Waals surface area contributed by atoms with Gasteiger partial charge in [0.1, 0.15) is 4.83 Å². The second kappa shape index (κ2) is 8.05. The van der Waals surface area contributed by atoms with E-state index in [1.54, 1.807) is 0 Å². The Morgan fingerprint density at radius 2 is 1.82 bits per heavy atom. The zero-order chi connectivity index (χ0) is 9.44. The van der Waals surface area contributed by atoms with Crippen molar-refractivity contribution in [1.29, 1.82) is 0 Å². The molecule has 3 heteroatoms. The van der Waals surface area contributed by atoms with E-state index in [2.05, 4.69) is 15.9 Å². The van der Waals surface area contributed by atoms with Crippen molar-refractivity contribution >= 4 is 21.9 Å². The lowest BCUT2D eigenvalue weighted by Crippen LogP contribution is -2.14. The van der Waals surface area contributed by atoms with Crippen LogP contribution in [0.5, 0.6) is 0 Å². The molecule has 0 heterocycles. The summed E-state index contributed by atoms with van der Waals surface area (Å²) in [5.74, 6) is -0.339. The molecule has 0 saturated carbocycles. The summed E-state index contributed by atoms with van der Waals surface area (Å²) in [6.07, 6.45) is 0.690. The van der Waals surface area contributed by atoms with Gasteiger partial charge in [-0.15, -0.1) is 0 Å². The average Bonchev–Trinajstić information content (AvgIpc) is 1.90. The number of carbonyl (C=O) groups is 1. The summed E-state index contributed by atoms with van der Waals surface area (Å²) in [6.45, 7) is 7.99. The summed E-state index contributed by atoms with van der Waals surface area (Å²) >= 11 is 3.04. The molecule has 11 heavy (non-hydrogen) atoms. The minimum absolute atomic E-state index is 0.377. The van der Waals surface area contributed by atoms with Gasteiger partial charge < -0.3 is 5.11 Å². The van der Waals surface area contributed by atoms with Crippen molar-refractivity contribution in [1.82, 2.24) is 0 Å². The topological polar surface area (TPSA) is 37.3 Å².